The molecule has 0 aliphatic heterocycles. The second-order valence-electron chi connectivity index (χ2n) is 5.35. The minimum atomic E-state index is -0.317. The lowest BCUT2D eigenvalue weighted by Gasteiger charge is -2.21. The molecule has 23 heavy (non-hydrogen) atoms. The zero-order valence-electron chi connectivity index (χ0n) is 13.2. The van der Waals surface area contributed by atoms with Gasteiger partial charge in [-0.25, -0.2) is 4.39 Å². The van der Waals surface area contributed by atoms with Crippen LogP contribution in [0.1, 0.15) is 18.1 Å². The Morgan fingerprint density at radius 1 is 1.13 bits per heavy atom. The number of carbonyl (C=O) groups is 2. The van der Waals surface area contributed by atoms with Gasteiger partial charge in [0.05, 0.1) is 0 Å². The normalized spacial score (nSPS) is 10.2. The number of amides is 2. The number of aryl methyl sites for hydroxylation is 1. The summed E-state index contributed by atoms with van der Waals surface area (Å²) in [7, 11) is 0. The highest BCUT2D eigenvalue weighted by Crippen LogP contribution is 2.15. The first-order valence-electron chi connectivity index (χ1n) is 7.31. The van der Waals surface area contributed by atoms with E-state index in [-0.39, 0.29) is 24.2 Å². The molecule has 2 rings (SSSR count). The molecule has 2 amide bonds. The Hall–Kier alpha value is -2.69. The molecule has 0 unspecified atom stereocenters. The molecule has 0 heterocycles. The van der Waals surface area contributed by atoms with E-state index < -0.39 is 0 Å². The van der Waals surface area contributed by atoms with Crippen LogP contribution in [0.15, 0.2) is 48.5 Å². The van der Waals surface area contributed by atoms with Crippen LogP contribution in [0.3, 0.4) is 0 Å². The molecule has 1 N–H and O–H groups in total. The number of nitrogens with zero attached hydrogens (tertiary/aromatic N) is 1. The summed E-state index contributed by atoms with van der Waals surface area (Å²) in [5.41, 5.74) is 2.50. The van der Waals surface area contributed by atoms with E-state index in [0.717, 1.165) is 11.1 Å². The maximum Gasteiger partial charge on any atom is 0.240 e. The van der Waals surface area contributed by atoms with E-state index in [1.807, 2.05) is 25.1 Å². The number of hydrogen-bond donors (Lipinski definition) is 1. The molecular weight excluding hydrogens is 295 g/mol. The Labute approximate surface area is 134 Å². The van der Waals surface area contributed by atoms with Gasteiger partial charge in [0.15, 0.2) is 0 Å². The third-order valence-electron chi connectivity index (χ3n) is 3.40. The van der Waals surface area contributed by atoms with E-state index in [1.54, 1.807) is 18.2 Å². The molecule has 0 aliphatic rings. The predicted octanol–water partition coefficient (Wildman–Crippen LogP) is 2.80. The van der Waals surface area contributed by atoms with Gasteiger partial charge in [-0.2, -0.15) is 0 Å². The van der Waals surface area contributed by atoms with Crippen molar-refractivity contribution in [2.24, 2.45) is 0 Å². The standard InChI is InChI=1S/C18H19FN2O2/c1-13-4-3-5-17(10-13)21(14(2)22)12-18(23)20-11-15-6-8-16(19)9-7-15/h3-10H,11-12H2,1-2H3,(H,20,23). The Balaban J connectivity index is 1.98. The number of rotatable bonds is 5. The fraction of sp³-hybridized carbons (Fsp3) is 0.222. The molecular formula is C18H19FN2O2. The SMILES string of the molecule is CC(=O)N(CC(=O)NCc1ccc(F)cc1)c1cccc(C)c1. The van der Waals surface area contributed by atoms with E-state index in [4.69, 9.17) is 0 Å². The third kappa shape index (κ3) is 4.92. The summed E-state index contributed by atoms with van der Waals surface area (Å²) >= 11 is 0. The molecule has 0 aliphatic carbocycles. The van der Waals surface area contributed by atoms with Crippen molar-refractivity contribution in [3.8, 4) is 0 Å². The first-order valence-corrected chi connectivity index (χ1v) is 7.31. The molecule has 4 nitrogen and oxygen atoms in total. The lowest BCUT2D eigenvalue weighted by Crippen LogP contribution is -2.39. The number of anilines is 1. The smallest absolute Gasteiger partial charge is 0.240 e. The highest BCUT2D eigenvalue weighted by molar-refractivity contribution is 5.97. The predicted molar refractivity (Wildman–Crippen MR) is 87.5 cm³/mol. The molecule has 0 spiro atoms. The fourth-order valence-electron chi connectivity index (χ4n) is 2.18. The van der Waals surface area contributed by atoms with Gasteiger partial charge < -0.3 is 10.2 Å². The van der Waals surface area contributed by atoms with Crippen molar-refractivity contribution in [2.75, 3.05) is 11.4 Å². The van der Waals surface area contributed by atoms with Crippen molar-refractivity contribution in [1.29, 1.82) is 0 Å². The molecule has 0 aromatic heterocycles. The van der Waals surface area contributed by atoms with Crippen molar-refractivity contribution in [1.82, 2.24) is 5.32 Å². The van der Waals surface area contributed by atoms with Gasteiger partial charge in [-0.3, -0.25) is 9.59 Å². The summed E-state index contributed by atoms with van der Waals surface area (Å²) in [4.78, 5) is 25.3. The maximum absolute atomic E-state index is 12.8. The number of benzene rings is 2. The van der Waals surface area contributed by atoms with Crippen LogP contribution in [0.4, 0.5) is 10.1 Å². The second-order valence-corrected chi connectivity index (χ2v) is 5.35. The van der Waals surface area contributed by atoms with E-state index in [9.17, 15) is 14.0 Å². The summed E-state index contributed by atoms with van der Waals surface area (Å²) in [6, 6.07) is 13.3. The lowest BCUT2D eigenvalue weighted by molar-refractivity contribution is -0.123. The van der Waals surface area contributed by atoms with Gasteiger partial charge in [-0.15, -0.1) is 0 Å². The van der Waals surface area contributed by atoms with Gasteiger partial charge in [0.1, 0.15) is 12.4 Å². The van der Waals surface area contributed by atoms with E-state index >= 15 is 0 Å². The summed E-state index contributed by atoms with van der Waals surface area (Å²) < 4.78 is 12.8. The summed E-state index contributed by atoms with van der Waals surface area (Å²) in [6.07, 6.45) is 0. The number of hydrogen-bond acceptors (Lipinski definition) is 2. The van der Waals surface area contributed by atoms with Gasteiger partial charge in [0, 0.05) is 19.2 Å². The van der Waals surface area contributed by atoms with Gasteiger partial charge >= 0.3 is 0 Å². The Kier molecular flexibility index (Phi) is 5.46. The molecule has 120 valence electrons. The maximum atomic E-state index is 12.8. The fourth-order valence-corrected chi connectivity index (χ4v) is 2.18. The van der Waals surface area contributed by atoms with Crippen molar-refractivity contribution >= 4 is 17.5 Å². The van der Waals surface area contributed by atoms with Gasteiger partial charge in [-0.1, -0.05) is 24.3 Å². The third-order valence-corrected chi connectivity index (χ3v) is 3.40. The molecule has 0 fully saturated rings. The second kappa shape index (κ2) is 7.54. The Bertz CT molecular complexity index is 698. The summed E-state index contributed by atoms with van der Waals surface area (Å²) in [5, 5.41) is 2.73. The highest BCUT2D eigenvalue weighted by atomic mass is 19.1. The van der Waals surface area contributed by atoms with Crippen LogP contribution in [0.5, 0.6) is 0 Å². The first kappa shape index (κ1) is 16.7. The first-order chi connectivity index (χ1) is 11.0. The zero-order valence-corrected chi connectivity index (χ0v) is 13.2. The largest absolute Gasteiger partial charge is 0.350 e. The van der Waals surface area contributed by atoms with Gasteiger partial charge in [-0.05, 0) is 42.3 Å². The van der Waals surface area contributed by atoms with Crippen LogP contribution in [-0.4, -0.2) is 18.4 Å². The van der Waals surface area contributed by atoms with Crippen molar-refractivity contribution in [2.45, 2.75) is 20.4 Å². The van der Waals surface area contributed by atoms with Crippen LogP contribution in [0.25, 0.3) is 0 Å². The molecule has 5 heteroatoms. The van der Waals surface area contributed by atoms with E-state index in [0.29, 0.717) is 12.2 Å². The molecule has 0 bridgehead atoms. The molecule has 2 aromatic carbocycles. The number of nitrogens with one attached hydrogen (secondary N) is 1. The molecule has 0 saturated heterocycles. The minimum Gasteiger partial charge on any atom is -0.350 e. The zero-order chi connectivity index (χ0) is 16.8. The highest BCUT2D eigenvalue weighted by Gasteiger charge is 2.15. The van der Waals surface area contributed by atoms with E-state index in [1.165, 1.54) is 24.0 Å². The van der Waals surface area contributed by atoms with Gasteiger partial charge in [0.25, 0.3) is 0 Å². The Morgan fingerprint density at radius 2 is 1.83 bits per heavy atom. The van der Waals surface area contributed by atoms with Crippen molar-refractivity contribution < 1.29 is 14.0 Å². The minimum absolute atomic E-state index is 0.0556. The molecule has 0 saturated carbocycles. The van der Waals surface area contributed by atoms with Crippen LogP contribution in [0, 0.1) is 12.7 Å². The molecule has 2 aromatic rings. The van der Waals surface area contributed by atoms with Crippen LogP contribution >= 0.6 is 0 Å². The van der Waals surface area contributed by atoms with Crippen LogP contribution in [-0.2, 0) is 16.1 Å². The molecule has 0 atom stereocenters. The quantitative estimate of drug-likeness (QED) is 0.922. The molecule has 0 radical (unpaired) electrons. The van der Waals surface area contributed by atoms with Crippen LogP contribution < -0.4 is 10.2 Å². The van der Waals surface area contributed by atoms with Crippen molar-refractivity contribution in [3.05, 3.63) is 65.5 Å². The topological polar surface area (TPSA) is 49.4 Å². The van der Waals surface area contributed by atoms with E-state index in [2.05, 4.69) is 5.32 Å². The summed E-state index contributed by atoms with van der Waals surface area (Å²) in [5.74, 6) is -0.791. The Morgan fingerprint density at radius 3 is 2.43 bits per heavy atom. The van der Waals surface area contributed by atoms with Crippen LogP contribution in [0.2, 0.25) is 0 Å². The average molecular weight is 314 g/mol. The summed E-state index contributed by atoms with van der Waals surface area (Å²) in [6.45, 7) is 3.59. The monoisotopic (exact) mass is 314 g/mol. The van der Waals surface area contributed by atoms with Crippen molar-refractivity contribution in [3.63, 3.8) is 0 Å². The number of halogens is 1. The van der Waals surface area contributed by atoms with Gasteiger partial charge in [0.2, 0.25) is 11.8 Å². The number of carbonyl (C=O) groups excluding carboxylic acids is 2. The average Bonchev–Trinajstić information content (AvgIpc) is 2.51. The lowest BCUT2D eigenvalue weighted by atomic mass is 10.2.